The van der Waals surface area contributed by atoms with E-state index >= 15 is 0 Å². The van der Waals surface area contributed by atoms with Crippen LogP contribution >= 0.6 is 0 Å². The van der Waals surface area contributed by atoms with E-state index in [0.717, 1.165) is 16.6 Å². The van der Waals surface area contributed by atoms with Gasteiger partial charge in [-0.1, -0.05) is 6.92 Å². The number of hydrogen-bond acceptors (Lipinski definition) is 3. The second-order valence-corrected chi connectivity index (χ2v) is 7.51. The minimum atomic E-state index is -0.896. The molecular weight excluding hydrogens is 344 g/mol. The SMILES string of the molecule is CCc1c(C(=O)Nc2ccc3c(ccn3CC(=O)O)c2)cnn1C(C)(C)C. The number of aliphatic carboxylic acids is 1. The summed E-state index contributed by atoms with van der Waals surface area (Å²) in [5.41, 5.74) is 2.73. The van der Waals surface area contributed by atoms with Crippen molar-refractivity contribution in [3.63, 3.8) is 0 Å². The van der Waals surface area contributed by atoms with Crippen molar-refractivity contribution >= 4 is 28.5 Å². The highest BCUT2D eigenvalue weighted by molar-refractivity contribution is 6.05. The van der Waals surface area contributed by atoms with Gasteiger partial charge in [0.05, 0.1) is 23.0 Å². The van der Waals surface area contributed by atoms with Gasteiger partial charge >= 0.3 is 5.97 Å². The number of nitrogens with zero attached hydrogens (tertiary/aromatic N) is 3. The molecule has 0 unspecified atom stereocenters. The quantitative estimate of drug-likeness (QED) is 0.721. The number of hydrogen-bond donors (Lipinski definition) is 2. The number of anilines is 1. The minimum absolute atomic E-state index is 0.0962. The summed E-state index contributed by atoms with van der Waals surface area (Å²) >= 11 is 0. The Morgan fingerprint density at radius 3 is 2.59 bits per heavy atom. The molecule has 2 heterocycles. The van der Waals surface area contributed by atoms with Gasteiger partial charge in [-0.05, 0) is 51.5 Å². The van der Waals surface area contributed by atoms with Gasteiger partial charge in [0.1, 0.15) is 6.54 Å². The first kappa shape index (κ1) is 18.7. The van der Waals surface area contributed by atoms with E-state index < -0.39 is 5.97 Å². The number of amides is 1. The van der Waals surface area contributed by atoms with E-state index in [4.69, 9.17) is 5.11 Å². The first-order chi connectivity index (χ1) is 12.7. The van der Waals surface area contributed by atoms with Gasteiger partial charge in [-0.25, -0.2) is 0 Å². The summed E-state index contributed by atoms with van der Waals surface area (Å²) in [6, 6.07) is 7.26. The molecule has 27 heavy (non-hydrogen) atoms. The molecule has 3 aromatic rings. The topological polar surface area (TPSA) is 89.2 Å². The smallest absolute Gasteiger partial charge is 0.323 e. The van der Waals surface area contributed by atoms with Crippen LogP contribution in [0.25, 0.3) is 10.9 Å². The minimum Gasteiger partial charge on any atom is -0.480 e. The van der Waals surface area contributed by atoms with Crippen LogP contribution in [0.4, 0.5) is 5.69 Å². The van der Waals surface area contributed by atoms with Crippen LogP contribution in [-0.2, 0) is 23.3 Å². The maximum absolute atomic E-state index is 12.8. The lowest BCUT2D eigenvalue weighted by atomic mass is 10.1. The molecule has 0 radical (unpaired) electrons. The monoisotopic (exact) mass is 368 g/mol. The zero-order chi connectivity index (χ0) is 19.8. The molecule has 0 aliphatic heterocycles. The van der Waals surface area contributed by atoms with Crippen LogP contribution < -0.4 is 5.32 Å². The second-order valence-electron chi connectivity index (χ2n) is 7.51. The average Bonchev–Trinajstić information content (AvgIpc) is 3.18. The summed E-state index contributed by atoms with van der Waals surface area (Å²) in [6.07, 6.45) is 4.05. The summed E-state index contributed by atoms with van der Waals surface area (Å²) in [7, 11) is 0. The molecule has 142 valence electrons. The second kappa shape index (κ2) is 6.90. The summed E-state index contributed by atoms with van der Waals surface area (Å²) in [4.78, 5) is 23.7. The number of nitrogens with one attached hydrogen (secondary N) is 1. The predicted octanol–water partition coefficient (Wildman–Crippen LogP) is 3.49. The third-order valence-corrected chi connectivity index (χ3v) is 4.42. The maximum Gasteiger partial charge on any atom is 0.323 e. The van der Waals surface area contributed by atoms with Crippen LogP contribution in [0.15, 0.2) is 36.7 Å². The van der Waals surface area contributed by atoms with Crippen molar-refractivity contribution in [2.24, 2.45) is 0 Å². The Labute approximate surface area is 157 Å². The van der Waals surface area contributed by atoms with Crippen molar-refractivity contribution in [3.8, 4) is 0 Å². The lowest BCUT2D eigenvalue weighted by molar-refractivity contribution is -0.137. The predicted molar refractivity (Wildman–Crippen MR) is 104 cm³/mol. The number of benzene rings is 1. The third-order valence-electron chi connectivity index (χ3n) is 4.42. The highest BCUT2D eigenvalue weighted by Crippen LogP contribution is 2.23. The van der Waals surface area contributed by atoms with Crippen LogP contribution in [0.5, 0.6) is 0 Å². The van der Waals surface area contributed by atoms with Crippen molar-refractivity contribution in [2.75, 3.05) is 5.32 Å². The van der Waals surface area contributed by atoms with E-state index in [0.29, 0.717) is 17.7 Å². The molecule has 0 bridgehead atoms. The molecule has 0 fully saturated rings. The van der Waals surface area contributed by atoms with E-state index in [9.17, 15) is 9.59 Å². The Hall–Kier alpha value is -3.09. The first-order valence-electron chi connectivity index (χ1n) is 8.90. The molecule has 0 spiro atoms. The summed E-state index contributed by atoms with van der Waals surface area (Å²) < 4.78 is 3.54. The molecule has 0 saturated heterocycles. The number of aromatic nitrogens is 3. The standard InChI is InChI=1S/C20H24N4O3/c1-5-16-15(11-21-24(16)20(2,3)4)19(27)22-14-6-7-17-13(10-14)8-9-23(17)12-18(25)26/h6-11H,5,12H2,1-4H3,(H,22,27)(H,25,26). The molecule has 0 aliphatic carbocycles. The zero-order valence-corrected chi connectivity index (χ0v) is 16.0. The average molecular weight is 368 g/mol. The lowest BCUT2D eigenvalue weighted by Crippen LogP contribution is -2.26. The zero-order valence-electron chi connectivity index (χ0n) is 16.0. The van der Waals surface area contributed by atoms with E-state index in [2.05, 4.69) is 31.2 Å². The fourth-order valence-electron chi connectivity index (χ4n) is 3.24. The molecule has 7 heteroatoms. The number of carbonyl (C=O) groups excluding carboxylic acids is 1. The summed E-state index contributed by atoms with van der Waals surface area (Å²) in [5, 5.41) is 17.2. The van der Waals surface area contributed by atoms with Crippen LogP contribution in [0.3, 0.4) is 0 Å². The van der Waals surface area contributed by atoms with Crippen molar-refractivity contribution in [3.05, 3.63) is 47.9 Å². The Kier molecular flexibility index (Phi) is 4.78. The van der Waals surface area contributed by atoms with Gasteiger partial charge in [0.25, 0.3) is 5.91 Å². The third kappa shape index (κ3) is 3.72. The lowest BCUT2D eigenvalue weighted by Gasteiger charge is -2.22. The molecule has 0 aliphatic rings. The Morgan fingerprint density at radius 2 is 1.96 bits per heavy atom. The first-order valence-corrected chi connectivity index (χ1v) is 8.90. The van der Waals surface area contributed by atoms with Gasteiger partial charge < -0.3 is 15.0 Å². The van der Waals surface area contributed by atoms with Gasteiger partial charge in [0.2, 0.25) is 0 Å². The van der Waals surface area contributed by atoms with Crippen LogP contribution in [0.1, 0.15) is 43.7 Å². The van der Waals surface area contributed by atoms with E-state index in [1.54, 1.807) is 23.0 Å². The largest absolute Gasteiger partial charge is 0.480 e. The fraction of sp³-hybridized carbons (Fsp3) is 0.350. The summed E-state index contributed by atoms with van der Waals surface area (Å²) in [6.45, 7) is 8.07. The maximum atomic E-state index is 12.8. The number of fused-ring (bicyclic) bond motifs is 1. The molecule has 0 atom stereocenters. The number of carboxylic acid groups (broad SMARTS) is 1. The highest BCUT2D eigenvalue weighted by atomic mass is 16.4. The number of carboxylic acids is 1. The van der Waals surface area contributed by atoms with Gasteiger partial charge in [-0.15, -0.1) is 0 Å². The van der Waals surface area contributed by atoms with Crippen molar-refractivity contribution in [2.45, 2.75) is 46.2 Å². The van der Waals surface area contributed by atoms with E-state index in [1.165, 1.54) is 0 Å². The van der Waals surface area contributed by atoms with Gasteiger partial charge in [-0.2, -0.15) is 5.10 Å². The van der Waals surface area contributed by atoms with Crippen molar-refractivity contribution < 1.29 is 14.7 Å². The van der Waals surface area contributed by atoms with Gasteiger partial charge in [0, 0.05) is 22.8 Å². The van der Waals surface area contributed by atoms with Crippen molar-refractivity contribution in [1.29, 1.82) is 0 Å². The van der Waals surface area contributed by atoms with Crippen LogP contribution in [-0.4, -0.2) is 31.3 Å². The molecule has 2 aromatic heterocycles. The molecule has 7 nitrogen and oxygen atoms in total. The number of rotatable bonds is 5. The number of carbonyl (C=O) groups is 2. The Morgan fingerprint density at radius 1 is 1.22 bits per heavy atom. The Balaban J connectivity index is 1.86. The van der Waals surface area contributed by atoms with E-state index in [1.807, 2.05) is 29.8 Å². The molecule has 0 saturated carbocycles. The van der Waals surface area contributed by atoms with E-state index in [-0.39, 0.29) is 18.0 Å². The Bertz CT molecular complexity index is 1010. The normalized spacial score (nSPS) is 11.7. The fourth-order valence-corrected chi connectivity index (χ4v) is 3.24. The molecule has 2 N–H and O–H groups in total. The molecule has 1 aromatic carbocycles. The van der Waals surface area contributed by atoms with Crippen LogP contribution in [0, 0.1) is 0 Å². The van der Waals surface area contributed by atoms with Gasteiger partial charge in [-0.3, -0.25) is 14.3 Å². The highest BCUT2D eigenvalue weighted by Gasteiger charge is 2.23. The molecule has 1 amide bonds. The van der Waals surface area contributed by atoms with Crippen LogP contribution in [0.2, 0.25) is 0 Å². The molecular formula is C20H24N4O3. The molecule has 3 rings (SSSR count). The van der Waals surface area contributed by atoms with Crippen molar-refractivity contribution in [1.82, 2.24) is 14.3 Å². The summed E-state index contributed by atoms with van der Waals surface area (Å²) in [5.74, 6) is -1.10. The van der Waals surface area contributed by atoms with Gasteiger partial charge in [0.15, 0.2) is 0 Å².